The topological polar surface area (TPSA) is 95.9 Å². The number of hydrogen-bond donors (Lipinski definition) is 3. The summed E-state index contributed by atoms with van der Waals surface area (Å²) in [6.07, 6.45) is 54.1. The minimum Gasteiger partial charge on any atom is -0.462 e. The van der Waals surface area contributed by atoms with Crippen molar-refractivity contribution in [2.24, 2.45) is 0 Å². The van der Waals surface area contributed by atoms with Crippen LogP contribution in [0.15, 0.2) is 60.8 Å². The predicted octanol–water partition coefficient (Wildman–Crippen LogP) is 14.1. The number of nitrogens with one attached hydrogen (secondary N) is 1. The Morgan fingerprint density at radius 3 is 1.42 bits per heavy atom. The summed E-state index contributed by atoms with van der Waals surface area (Å²) in [5.41, 5.74) is 0. The number of aliphatic hydroxyl groups excluding tert-OH is 2. The zero-order valence-corrected chi connectivity index (χ0v) is 37.5. The third kappa shape index (κ3) is 40.1. The van der Waals surface area contributed by atoms with Crippen LogP contribution in [0.1, 0.15) is 226 Å². The van der Waals surface area contributed by atoms with Gasteiger partial charge in [-0.25, -0.2) is 0 Å². The third-order valence-corrected chi connectivity index (χ3v) is 10.7. The van der Waals surface area contributed by atoms with Crippen LogP contribution in [-0.2, 0) is 14.3 Å². The molecule has 0 bridgehead atoms. The van der Waals surface area contributed by atoms with Crippen molar-refractivity contribution in [3.8, 4) is 0 Å². The Morgan fingerprint density at radius 1 is 0.509 bits per heavy atom. The van der Waals surface area contributed by atoms with Crippen molar-refractivity contribution >= 4 is 11.9 Å². The molecule has 0 aromatic rings. The van der Waals surface area contributed by atoms with Crippen LogP contribution < -0.4 is 5.32 Å². The van der Waals surface area contributed by atoms with Gasteiger partial charge in [0.1, 0.15) is 6.10 Å². The quantitative estimate of drug-likeness (QED) is 0.0325. The van der Waals surface area contributed by atoms with Crippen LogP contribution in [0.4, 0.5) is 0 Å². The number of aliphatic hydroxyl groups is 2. The number of carbonyl (C=O) groups excluding carboxylic acids is 2. The van der Waals surface area contributed by atoms with E-state index in [2.05, 4.69) is 50.4 Å². The van der Waals surface area contributed by atoms with Gasteiger partial charge in [0.15, 0.2) is 0 Å². The van der Waals surface area contributed by atoms with Crippen LogP contribution in [0.3, 0.4) is 0 Å². The van der Waals surface area contributed by atoms with E-state index in [-0.39, 0.29) is 24.9 Å². The number of allylic oxidation sites excluding steroid dienone is 10. The van der Waals surface area contributed by atoms with Crippen molar-refractivity contribution in [2.75, 3.05) is 6.61 Å². The fourth-order valence-corrected chi connectivity index (χ4v) is 7.05. The van der Waals surface area contributed by atoms with Gasteiger partial charge in [-0.2, -0.15) is 0 Å². The molecule has 0 saturated heterocycles. The lowest BCUT2D eigenvalue weighted by Gasteiger charge is -2.24. The van der Waals surface area contributed by atoms with E-state index < -0.39 is 18.2 Å². The Bertz CT molecular complexity index is 1030. The molecule has 0 radical (unpaired) electrons. The molecule has 3 atom stereocenters. The molecule has 330 valence electrons. The molecule has 0 aliphatic carbocycles. The van der Waals surface area contributed by atoms with Gasteiger partial charge in [-0.15, -0.1) is 0 Å². The summed E-state index contributed by atoms with van der Waals surface area (Å²) in [5, 5.41) is 23.6. The number of ether oxygens (including phenoxy) is 1. The van der Waals surface area contributed by atoms with Gasteiger partial charge in [-0.05, 0) is 44.9 Å². The van der Waals surface area contributed by atoms with Crippen molar-refractivity contribution in [3.63, 3.8) is 0 Å². The minimum absolute atomic E-state index is 0.0497. The zero-order valence-electron chi connectivity index (χ0n) is 37.5. The van der Waals surface area contributed by atoms with Gasteiger partial charge in [0.05, 0.1) is 25.2 Å². The molecule has 0 heterocycles. The molecular weight excluding hydrogens is 707 g/mol. The van der Waals surface area contributed by atoms with E-state index in [0.29, 0.717) is 19.3 Å². The molecule has 0 saturated carbocycles. The number of carbonyl (C=O) groups is 2. The van der Waals surface area contributed by atoms with E-state index in [1.165, 1.54) is 109 Å². The zero-order chi connectivity index (χ0) is 41.7. The standard InChI is InChI=1S/C51H91NO5/c1-4-7-10-13-16-19-22-24-25-26-27-28-30-33-36-39-42-47(57-51(56)44-41-38-35-32-29-23-20-17-14-11-8-5-2)45-50(55)52-48(46-53)49(54)43-40-37-34-31-21-18-15-12-9-6-3/h10,13,16,19,22,24-28,47-49,53-54H,4-9,11-12,14-15,17-18,20-21,23,29-46H2,1-3H3,(H,52,55)/b13-10+,19-16+,24-22+,26-25+,28-27+. The van der Waals surface area contributed by atoms with E-state index in [0.717, 1.165) is 70.6 Å². The molecule has 0 aromatic heterocycles. The largest absolute Gasteiger partial charge is 0.462 e. The maximum Gasteiger partial charge on any atom is 0.306 e. The van der Waals surface area contributed by atoms with Crippen molar-refractivity contribution in [3.05, 3.63) is 60.8 Å². The minimum atomic E-state index is -0.798. The van der Waals surface area contributed by atoms with Crippen molar-refractivity contribution in [1.29, 1.82) is 0 Å². The molecule has 1 amide bonds. The highest BCUT2D eigenvalue weighted by Crippen LogP contribution is 2.17. The highest BCUT2D eigenvalue weighted by Gasteiger charge is 2.24. The summed E-state index contributed by atoms with van der Waals surface area (Å²) in [7, 11) is 0. The molecule has 3 unspecified atom stereocenters. The van der Waals surface area contributed by atoms with Gasteiger partial charge < -0.3 is 20.3 Å². The Labute approximate surface area is 352 Å². The molecule has 0 aromatic carbocycles. The molecule has 0 spiro atoms. The summed E-state index contributed by atoms with van der Waals surface area (Å²) in [6.45, 7) is 6.36. The molecule has 0 fully saturated rings. The van der Waals surface area contributed by atoms with Crippen molar-refractivity contribution < 1.29 is 24.5 Å². The maximum absolute atomic E-state index is 13.1. The number of esters is 1. The van der Waals surface area contributed by atoms with Crippen molar-refractivity contribution in [2.45, 2.75) is 244 Å². The van der Waals surface area contributed by atoms with Gasteiger partial charge in [0.25, 0.3) is 0 Å². The summed E-state index contributed by atoms with van der Waals surface area (Å²) in [5.74, 6) is -0.515. The van der Waals surface area contributed by atoms with Crippen LogP contribution in [-0.4, -0.2) is 46.9 Å². The monoisotopic (exact) mass is 798 g/mol. The van der Waals surface area contributed by atoms with Crippen LogP contribution >= 0.6 is 0 Å². The summed E-state index contributed by atoms with van der Waals surface area (Å²) in [4.78, 5) is 26.0. The first-order valence-corrected chi connectivity index (χ1v) is 24.1. The number of rotatable bonds is 42. The number of hydrogen-bond acceptors (Lipinski definition) is 5. The Morgan fingerprint density at radius 2 is 0.930 bits per heavy atom. The van der Waals surface area contributed by atoms with Crippen LogP contribution in [0.2, 0.25) is 0 Å². The SMILES string of the molecule is CCC/C=C/C=C/C=C/C=C/C=C/CCCCCC(CC(=O)NC(CO)C(O)CCCCCCCCCCCC)OC(=O)CCCCCCCCCCCCCC. The molecular formula is C51H91NO5. The number of unbranched alkanes of at least 4 members (excludes halogenated alkanes) is 24. The Hall–Kier alpha value is -2.44. The first kappa shape index (κ1) is 54.6. The van der Waals surface area contributed by atoms with Gasteiger partial charge in [0, 0.05) is 6.42 Å². The Kier molecular flexibility index (Phi) is 42.7. The third-order valence-electron chi connectivity index (χ3n) is 10.7. The second-order valence-electron chi connectivity index (χ2n) is 16.3. The molecule has 0 aliphatic heterocycles. The van der Waals surface area contributed by atoms with E-state index in [1.807, 2.05) is 36.5 Å². The lowest BCUT2D eigenvalue weighted by atomic mass is 10.0. The lowest BCUT2D eigenvalue weighted by molar-refractivity contribution is -0.151. The average molecular weight is 798 g/mol. The molecule has 0 rings (SSSR count). The van der Waals surface area contributed by atoms with Gasteiger partial charge in [-0.1, -0.05) is 229 Å². The van der Waals surface area contributed by atoms with E-state index in [9.17, 15) is 19.8 Å². The first-order valence-electron chi connectivity index (χ1n) is 24.1. The second-order valence-corrected chi connectivity index (χ2v) is 16.3. The van der Waals surface area contributed by atoms with Gasteiger partial charge in [0.2, 0.25) is 5.91 Å². The van der Waals surface area contributed by atoms with E-state index >= 15 is 0 Å². The van der Waals surface area contributed by atoms with Crippen LogP contribution in [0.25, 0.3) is 0 Å². The van der Waals surface area contributed by atoms with Gasteiger partial charge >= 0.3 is 5.97 Å². The summed E-state index contributed by atoms with van der Waals surface area (Å²) in [6, 6.07) is -0.714. The molecule has 6 heteroatoms. The molecule has 3 N–H and O–H groups in total. The lowest BCUT2D eigenvalue weighted by Crippen LogP contribution is -2.46. The Balaban J connectivity index is 4.71. The fourth-order valence-electron chi connectivity index (χ4n) is 7.05. The smallest absolute Gasteiger partial charge is 0.306 e. The maximum atomic E-state index is 13.1. The van der Waals surface area contributed by atoms with Crippen LogP contribution in [0, 0.1) is 0 Å². The summed E-state index contributed by atoms with van der Waals surface area (Å²) < 4.78 is 5.90. The fraction of sp³-hybridized carbons (Fsp3) is 0.765. The molecule has 6 nitrogen and oxygen atoms in total. The van der Waals surface area contributed by atoms with E-state index in [4.69, 9.17) is 4.74 Å². The van der Waals surface area contributed by atoms with E-state index in [1.54, 1.807) is 0 Å². The average Bonchev–Trinajstić information content (AvgIpc) is 3.20. The summed E-state index contributed by atoms with van der Waals surface area (Å²) >= 11 is 0. The highest BCUT2D eigenvalue weighted by atomic mass is 16.5. The van der Waals surface area contributed by atoms with Crippen molar-refractivity contribution in [1.82, 2.24) is 5.32 Å². The molecule has 0 aliphatic rings. The highest BCUT2D eigenvalue weighted by molar-refractivity contribution is 5.77. The molecule has 57 heavy (non-hydrogen) atoms. The van der Waals surface area contributed by atoms with Gasteiger partial charge in [-0.3, -0.25) is 9.59 Å². The second kappa shape index (κ2) is 44.7. The predicted molar refractivity (Wildman–Crippen MR) is 245 cm³/mol. The normalized spacial score (nSPS) is 13.8. The van der Waals surface area contributed by atoms with Crippen LogP contribution in [0.5, 0.6) is 0 Å². The first-order chi connectivity index (χ1) is 28.0. The number of amides is 1.